The summed E-state index contributed by atoms with van der Waals surface area (Å²) in [5, 5.41) is 0. The van der Waals surface area contributed by atoms with E-state index in [4.69, 9.17) is 0 Å². The molecule has 0 bridgehead atoms. The molecule has 1 fully saturated rings. The van der Waals surface area contributed by atoms with Gasteiger partial charge in [-0.2, -0.15) is 0 Å². The van der Waals surface area contributed by atoms with Gasteiger partial charge in [0.1, 0.15) is 5.82 Å². The zero-order valence-corrected chi connectivity index (χ0v) is 15.2. The quantitative estimate of drug-likeness (QED) is 0.751. The Bertz CT molecular complexity index is 767. The van der Waals surface area contributed by atoms with E-state index in [-0.39, 0.29) is 36.4 Å². The Balaban J connectivity index is 1.67. The lowest BCUT2D eigenvalue weighted by Crippen LogP contribution is -2.35. The van der Waals surface area contributed by atoms with Gasteiger partial charge in [-0.05, 0) is 49.2 Å². The Hall–Kier alpha value is -2.43. The molecule has 0 saturated carbocycles. The number of Topliss-reactive ketones (excluding diaryl/α,β-unsaturated/α-hetero) is 1. The zero-order valence-electron chi connectivity index (χ0n) is 15.2. The van der Waals surface area contributed by atoms with Gasteiger partial charge in [-0.15, -0.1) is 0 Å². The second-order valence-corrected chi connectivity index (χ2v) is 6.93. The maximum absolute atomic E-state index is 13.0. The molecule has 0 N–H and O–H groups in total. The summed E-state index contributed by atoms with van der Waals surface area (Å²) in [4.78, 5) is 27.1. The van der Waals surface area contributed by atoms with Gasteiger partial charge in [0, 0.05) is 43.9 Å². The molecular weight excluding hydrogens is 331 g/mol. The normalized spacial score (nSPS) is 17.8. The molecule has 1 aromatic carbocycles. The molecule has 1 aliphatic heterocycles. The second kappa shape index (κ2) is 8.30. The number of aryl methyl sites for hydroxylation is 1. The van der Waals surface area contributed by atoms with E-state index in [1.54, 1.807) is 0 Å². The highest BCUT2D eigenvalue weighted by atomic mass is 19.1. The van der Waals surface area contributed by atoms with Crippen molar-refractivity contribution in [2.75, 3.05) is 6.54 Å². The molecule has 4 nitrogen and oxygen atoms in total. The lowest BCUT2D eigenvalue weighted by molar-refractivity contribution is -0.133. The molecule has 1 saturated heterocycles. The fourth-order valence-electron chi connectivity index (χ4n) is 3.68. The number of carbonyl (C=O) groups is 2. The summed E-state index contributed by atoms with van der Waals surface area (Å²) in [6, 6.07) is 9.64. The van der Waals surface area contributed by atoms with Crippen molar-refractivity contribution in [3.05, 3.63) is 59.7 Å². The first-order valence-electron chi connectivity index (χ1n) is 9.26. The summed E-state index contributed by atoms with van der Waals surface area (Å²) in [5.74, 6) is -0.468. The Morgan fingerprint density at radius 1 is 1.08 bits per heavy atom. The molecule has 2 heterocycles. The number of rotatable bonds is 5. The smallest absolute Gasteiger partial charge is 0.223 e. The van der Waals surface area contributed by atoms with Crippen molar-refractivity contribution in [2.24, 2.45) is 7.05 Å². The number of ketones is 1. The summed E-state index contributed by atoms with van der Waals surface area (Å²) in [5.41, 5.74) is 1.60. The number of hydrogen-bond donors (Lipinski definition) is 0. The summed E-state index contributed by atoms with van der Waals surface area (Å²) >= 11 is 0. The van der Waals surface area contributed by atoms with Crippen LogP contribution in [-0.2, 0) is 11.8 Å². The van der Waals surface area contributed by atoms with Crippen molar-refractivity contribution in [3.63, 3.8) is 0 Å². The van der Waals surface area contributed by atoms with E-state index in [0.29, 0.717) is 5.56 Å². The molecule has 1 aromatic heterocycles. The Kier molecular flexibility index (Phi) is 5.86. The molecule has 3 rings (SSSR count). The minimum Gasteiger partial charge on any atom is -0.353 e. The van der Waals surface area contributed by atoms with Crippen LogP contribution in [0.2, 0.25) is 0 Å². The number of nitrogens with zero attached hydrogens (tertiary/aromatic N) is 2. The molecule has 0 aliphatic carbocycles. The van der Waals surface area contributed by atoms with E-state index in [1.807, 2.05) is 24.2 Å². The number of benzene rings is 1. The van der Waals surface area contributed by atoms with Gasteiger partial charge >= 0.3 is 0 Å². The molecule has 2 aromatic rings. The van der Waals surface area contributed by atoms with Gasteiger partial charge in [-0.1, -0.05) is 12.8 Å². The van der Waals surface area contributed by atoms with E-state index in [0.717, 1.165) is 37.9 Å². The van der Waals surface area contributed by atoms with Crippen LogP contribution in [0.4, 0.5) is 4.39 Å². The van der Waals surface area contributed by atoms with Gasteiger partial charge < -0.3 is 9.47 Å². The third kappa shape index (κ3) is 4.21. The molecule has 0 spiro atoms. The predicted molar refractivity (Wildman–Crippen MR) is 98.3 cm³/mol. The van der Waals surface area contributed by atoms with Crippen LogP contribution in [0.3, 0.4) is 0 Å². The number of hydrogen-bond acceptors (Lipinski definition) is 2. The highest BCUT2D eigenvalue weighted by Gasteiger charge is 2.28. The minimum atomic E-state index is -0.368. The Labute approximate surface area is 153 Å². The van der Waals surface area contributed by atoms with Gasteiger partial charge in [0.2, 0.25) is 5.91 Å². The average Bonchev–Trinajstić information content (AvgIpc) is 2.92. The first kappa shape index (κ1) is 18.4. The van der Waals surface area contributed by atoms with Gasteiger partial charge in [0.15, 0.2) is 5.78 Å². The first-order valence-corrected chi connectivity index (χ1v) is 9.26. The third-order valence-electron chi connectivity index (χ3n) is 5.13. The van der Waals surface area contributed by atoms with Crippen LogP contribution >= 0.6 is 0 Å². The molecule has 1 aliphatic rings. The first-order chi connectivity index (χ1) is 12.6. The summed E-state index contributed by atoms with van der Waals surface area (Å²) in [6.07, 6.45) is 6.53. The van der Waals surface area contributed by atoms with Crippen LogP contribution in [0.15, 0.2) is 42.6 Å². The molecule has 1 amide bonds. The van der Waals surface area contributed by atoms with E-state index < -0.39 is 0 Å². The largest absolute Gasteiger partial charge is 0.353 e. The van der Waals surface area contributed by atoms with Crippen molar-refractivity contribution in [3.8, 4) is 0 Å². The third-order valence-corrected chi connectivity index (χ3v) is 5.13. The van der Waals surface area contributed by atoms with Crippen molar-refractivity contribution in [1.82, 2.24) is 9.47 Å². The lowest BCUT2D eigenvalue weighted by atomic mass is 10.0. The van der Waals surface area contributed by atoms with E-state index in [2.05, 4.69) is 10.6 Å². The zero-order chi connectivity index (χ0) is 18.5. The fraction of sp³-hybridized carbons (Fsp3) is 0.429. The van der Waals surface area contributed by atoms with Crippen LogP contribution in [0, 0.1) is 5.82 Å². The molecule has 138 valence electrons. The van der Waals surface area contributed by atoms with Crippen LogP contribution in [0.1, 0.15) is 60.6 Å². The average molecular weight is 356 g/mol. The SMILES string of the molecule is Cn1cccc1[C@@H]1CCCCCN1C(=O)CCC(=O)c1ccc(F)cc1. The van der Waals surface area contributed by atoms with Gasteiger partial charge in [0.05, 0.1) is 6.04 Å². The number of aromatic nitrogens is 1. The number of likely N-dealkylation sites (tertiary alicyclic amines) is 1. The lowest BCUT2D eigenvalue weighted by Gasteiger charge is -2.30. The number of halogens is 1. The summed E-state index contributed by atoms with van der Waals surface area (Å²) in [7, 11) is 2.00. The fourth-order valence-corrected chi connectivity index (χ4v) is 3.68. The van der Waals surface area contributed by atoms with Crippen molar-refractivity contribution in [1.29, 1.82) is 0 Å². The van der Waals surface area contributed by atoms with Crippen LogP contribution in [-0.4, -0.2) is 27.7 Å². The Morgan fingerprint density at radius 3 is 2.54 bits per heavy atom. The van der Waals surface area contributed by atoms with E-state index in [9.17, 15) is 14.0 Å². The molecule has 5 heteroatoms. The van der Waals surface area contributed by atoms with Crippen LogP contribution in [0.5, 0.6) is 0 Å². The van der Waals surface area contributed by atoms with Crippen LogP contribution in [0.25, 0.3) is 0 Å². The van der Waals surface area contributed by atoms with Gasteiger partial charge in [-0.25, -0.2) is 4.39 Å². The summed E-state index contributed by atoms with van der Waals surface area (Å²) < 4.78 is 15.1. The summed E-state index contributed by atoms with van der Waals surface area (Å²) in [6.45, 7) is 0.736. The van der Waals surface area contributed by atoms with Gasteiger partial charge in [-0.3, -0.25) is 9.59 Å². The minimum absolute atomic E-state index is 0.0218. The van der Waals surface area contributed by atoms with Crippen LogP contribution < -0.4 is 0 Å². The van der Waals surface area contributed by atoms with E-state index >= 15 is 0 Å². The number of amides is 1. The molecule has 0 unspecified atom stereocenters. The predicted octanol–water partition coefficient (Wildman–Crippen LogP) is 4.27. The molecule has 26 heavy (non-hydrogen) atoms. The standard InChI is InChI=1S/C21H25FN2O2/c1-23-14-5-7-18(23)19-6-3-2-4-15-24(19)21(26)13-12-20(25)16-8-10-17(22)11-9-16/h5,7-11,14,19H,2-4,6,12-13,15H2,1H3/t19-/m0/s1. The van der Waals surface area contributed by atoms with Crippen molar-refractivity contribution >= 4 is 11.7 Å². The molecular formula is C21H25FN2O2. The van der Waals surface area contributed by atoms with Gasteiger partial charge in [0.25, 0.3) is 0 Å². The van der Waals surface area contributed by atoms with Crippen molar-refractivity contribution in [2.45, 2.75) is 44.6 Å². The number of carbonyl (C=O) groups excluding carboxylic acids is 2. The maximum atomic E-state index is 13.0. The molecule has 0 radical (unpaired) electrons. The van der Waals surface area contributed by atoms with Crippen molar-refractivity contribution < 1.29 is 14.0 Å². The molecule has 1 atom stereocenters. The Morgan fingerprint density at radius 2 is 1.85 bits per heavy atom. The second-order valence-electron chi connectivity index (χ2n) is 6.93. The maximum Gasteiger partial charge on any atom is 0.223 e. The topological polar surface area (TPSA) is 42.3 Å². The highest BCUT2D eigenvalue weighted by molar-refractivity contribution is 5.97. The van der Waals surface area contributed by atoms with E-state index in [1.165, 1.54) is 24.3 Å². The monoisotopic (exact) mass is 356 g/mol. The highest BCUT2D eigenvalue weighted by Crippen LogP contribution is 2.31.